The Kier molecular flexibility index (Phi) is 3.12. The summed E-state index contributed by atoms with van der Waals surface area (Å²) in [4.78, 5) is 11.0. The summed E-state index contributed by atoms with van der Waals surface area (Å²) in [6.07, 6.45) is 0.378. The fraction of sp³-hybridized carbons (Fsp3) is 0.462. The highest BCUT2D eigenvalue weighted by Gasteiger charge is 2.34. The Hall–Kier alpha value is -1.66. The van der Waals surface area contributed by atoms with E-state index in [4.69, 9.17) is 14.6 Å². The average Bonchev–Trinajstić information content (AvgIpc) is 2.88. The molecule has 0 aromatic heterocycles. The number of hydrogen-bond acceptors (Lipinski definition) is 4. The van der Waals surface area contributed by atoms with Crippen molar-refractivity contribution in [2.75, 3.05) is 13.3 Å². The van der Waals surface area contributed by atoms with E-state index in [-0.39, 0.29) is 18.7 Å². The largest absolute Gasteiger partial charge is 0.481 e. The van der Waals surface area contributed by atoms with Crippen LogP contribution in [0.2, 0.25) is 0 Å². The molecular formula is C13H14FNO4. The Morgan fingerprint density at radius 2 is 2.32 bits per heavy atom. The summed E-state index contributed by atoms with van der Waals surface area (Å²) in [5.74, 6) is -1.07. The SMILES string of the molecule is O=C(O)C1CNC(c2c(F)ccc3c2COCO3)C1. The maximum atomic E-state index is 14.1. The molecule has 0 aliphatic carbocycles. The van der Waals surface area contributed by atoms with Crippen LogP contribution in [0.3, 0.4) is 0 Å². The number of carboxylic acids is 1. The number of hydrogen-bond donors (Lipinski definition) is 2. The second kappa shape index (κ2) is 4.79. The van der Waals surface area contributed by atoms with Gasteiger partial charge in [0.05, 0.1) is 12.5 Å². The Labute approximate surface area is 109 Å². The van der Waals surface area contributed by atoms with Crippen LogP contribution in [-0.2, 0) is 16.1 Å². The van der Waals surface area contributed by atoms with Crippen molar-refractivity contribution in [2.45, 2.75) is 19.1 Å². The van der Waals surface area contributed by atoms with Gasteiger partial charge in [-0.2, -0.15) is 0 Å². The van der Waals surface area contributed by atoms with Crippen molar-refractivity contribution >= 4 is 5.97 Å². The molecule has 6 heteroatoms. The molecule has 2 aliphatic rings. The highest BCUT2D eigenvalue weighted by atomic mass is 19.1. The zero-order chi connectivity index (χ0) is 13.4. The number of rotatable bonds is 2. The molecule has 0 saturated carbocycles. The molecule has 2 unspecified atom stereocenters. The second-order valence-corrected chi connectivity index (χ2v) is 4.78. The minimum atomic E-state index is -0.854. The summed E-state index contributed by atoms with van der Waals surface area (Å²) < 4.78 is 24.6. The van der Waals surface area contributed by atoms with Crippen molar-refractivity contribution in [3.8, 4) is 5.75 Å². The van der Waals surface area contributed by atoms with E-state index in [1.54, 1.807) is 6.07 Å². The number of ether oxygens (including phenoxy) is 2. The van der Waals surface area contributed by atoms with Gasteiger partial charge in [0.1, 0.15) is 11.6 Å². The zero-order valence-electron chi connectivity index (χ0n) is 10.2. The Morgan fingerprint density at radius 1 is 1.47 bits per heavy atom. The number of benzene rings is 1. The maximum absolute atomic E-state index is 14.1. The fourth-order valence-corrected chi connectivity index (χ4v) is 2.67. The minimum absolute atomic E-state index is 0.161. The molecule has 2 atom stereocenters. The minimum Gasteiger partial charge on any atom is -0.481 e. The normalized spacial score (nSPS) is 25.7. The highest BCUT2D eigenvalue weighted by molar-refractivity contribution is 5.71. The molecule has 102 valence electrons. The molecule has 2 aliphatic heterocycles. The lowest BCUT2D eigenvalue weighted by atomic mass is 9.95. The molecule has 1 fully saturated rings. The molecule has 1 aromatic rings. The second-order valence-electron chi connectivity index (χ2n) is 4.78. The number of carbonyl (C=O) groups is 1. The lowest BCUT2D eigenvalue weighted by Gasteiger charge is -2.23. The van der Waals surface area contributed by atoms with Gasteiger partial charge >= 0.3 is 5.97 Å². The molecule has 2 heterocycles. The molecule has 1 saturated heterocycles. The Morgan fingerprint density at radius 3 is 3.05 bits per heavy atom. The molecular weight excluding hydrogens is 253 g/mol. The molecule has 5 nitrogen and oxygen atoms in total. The van der Waals surface area contributed by atoms with Crippen LogP contribution < -0.4 is 10.1 Å². The van der Waals surface area contributed by atoms with Crippen molar-refractivity contribution in [1.82, 2.24) is 5.32 Å². The van der Waals surface area contributed by atoms with Gasteiger partial charge in [0.2, 0.25) is 0 Å². The zero-order valence-corrected chi connectivity index (χ0v) is 10.2. The van der Waals surface area contributed by atoms with E-state index in [1.165, 1.54) is 6.07 Å². The van der Waals surface area contributed by atoms with Crippen molar-refractivity contribution < 1.29 is 23.8 Å². The van der Waals surface area contributed by atoms with Crippen molar-refractivity contribution in [3.63, 3.8) is 0 Å². The third kappa shape index (κ3) is 2.17. The smallest absolute Gasteiger partial charge is 0.307 e. The molecule has 0 bridgehead atoms. The van der Waals surface area contributed by atoms with Gasteiger partial charge in [-0.3, -0.25) is 4.79 Å². The van der Waals surface area contributed by atoms with Crippen molar-refractivity contribution in [3.05, 3.63) is 29.1 Å². The average molecular weight is 267 g/mol. The highest BCUT2D eigenvalue weighted by Crippen LogP contribution is 2.37. The van der Waals surface area contributed by atoms with E-state index in [9.17, 15) is 9.18 Å². The first-order valence-corrected chi connectivity index (χ1v) is 6.15. The Balaban J connectivity index is 1.94. The van der Waals surface area contributed by atoms with Crippen LogP contribution in [0, 0.1) is 11.7 Å². The summed E-state index contributed by atoms with van der Waals surface area (Å²) in [6.45, 7) is 0.803. The third-order valence-corrected chi connectivity index (χ3v) is 3.63. The van der Waals surface area contributed by atoms with Crippen LogP contribution in [0.4, 0.5) is 4.39 Å². The standard InChI is InChI=1S/C13H14FNO4/c14-9-1-2-11-8(5-18-6-19-11)12(9)10-3-7(4-15-10)13(16)17/h1-2,7,10,15H,3-6H2,(H,16,17). The summed E-state index contributed by atoms with van der Waals surface area (Å²) in [5.41, 5.74) is 1.15. The summed E-state index contributed by atoms with van der Waals surface area (Å²) in [5, 5.41) is 12.1. The molecule has 2 N–H and O–H groups in total. The van der Waals surface area contributed by atoms with Gasteiger partial charge in [0.25, 0.3) is 0 Å². The van der Waals surface area contributed by atoms with Crippen LogP contribution in [-0.4, -0.2) is 24.4 Å². The quantitative estimate of drug-likeness (QED) is 0.848. The number of fused-ring (bicyclic) bond motifs is 1. The molecule has 3 rings (SSSR count). The first-order chi connectivity index (χ1) is 9.16. The van der Waals surface area contributed by atoms with E-state index in [2.05, 4.69) is 5.32 Å². The van der Waals surface area contributed by atoms with E-state index in [1.807, 2.05) is 0 Å². The van der Waals surface area contributed by atoms with Crippen LogP contribution >= 0.6 is 0 Å². The van der Waals surface area contributed by atoms with Crippen molar-refractivity contribution in [2.24, 2.45) is 5.92 Å². The number of nitrogens with one attached hydrogen (secondary N) is 1. The summed E-state index contributed by atoms with van der Waals surface area (Å²) in [7, 11) is 0. The van der Waals surface area contributed by atoms with Gasteiger partial charge < -0.3 is 19.9 Å². The van der Waals surface area contributed by atoms with E-state index in [0.717, 1.165) is 0 Å². The van der Waals surface area contributed by atoms with Gasteiger partial charge in [-0.15, -0.1) is 0 Å². The summed E-state index contributed by atoms with van der Waals surface area (Å²) in [6, 6.07) is 2.64. The van der Waals surface area contributed by atoms with E-state index < -0.39 is 11.9 Å². The molecule has 0 spiro atoms. The van der Waals surface area contributed by atoms with Crippen LogP contribution in [0.5, 0.6) is 5.75 Å². The van der Waals surface area contributed by atoms with Gasteiger partial charge in [-0.05, 0) is 18.6 Å². The summed E-state index contributed by atoms with van der Waals surface area (Å²) >= 11 is 0. The van der Waals surface area contributed by atoms with Gasteiger partial charge in [-0.1, -0.05) is 0 Å². The number of carboxylic acid groups (broad SMARTS) is 1. The first kappa shape index (κ1) is 12.4. The molecule has 19 heavy (non-hydrogen) atoms. The van der Waals surface area contributed by atoms with Crippen LogP contribution in [0.15, 0.2) is 12.1 Å². The first-order valence-electron chi connectivity index (χ1n) is 6.15. The van der Waals surface area contributed by atoms with Crippen LogP contribution in [0.25, 0.3) is 0 Å². The van der Waals surface area contributed by atoms with Crippen molar-refractivity contribution in [1.29, 1.82) is 0 Å². The van der Waals surface area contributed by atoms with E-state index >= 15 is 0 Å². The third-order valence-electron chi connectivity index (χ3n) is 3.63. The topological polar surface area (TPSA) is 67.8 Å². The monoisotopic (exact) mass is 267 g/mol. The number of halogens is 1. The lowest BCUT2D eigenvalue weighted by molar-refractivity contribution is -0.141. The van der Waals surface area contributed by atoms with Gasteiger partial charge in [-0.25, -0.2) is 4.39 Å². The van der Waals surface area contributed by atoms with Gasteiger partial charge in [0, 0.05) is 23.7 Å². The predicted molar refractivity (Wildman–Crippen MR) is 63.2 cm³/mol. The molecule has 0 amide bonds. The van der Waals surface area contributed by atoms with E-state index in [0.29, 0.717) is 36.4 Å². The lowest BCUT2D eigenvalue weighted by Crippen LogP contribution is -2.21. The predicted octanol–water partition coefficient (Wildman–Crippen LogP) is 1.43. The fourth-order valence-electron chi connectivity index (χ4n) is 2.67. The molecule has 0 radical (unpaired) electrons. The number of aliphatic carboxylic acids is 1. The maximum Gasteiger partial charge on any atom is 0.307 e. The van der Waals surface area contributed by atoms with Crippen LogP contribution in [0.1, 0.15) is 23.6 Å². The Bertz CT molecular complexity index is 520. The molecule has 1 aromatic carbocycles. The van der Waals surface area contributed by atoms with Gasteiger partial charge in [0.15, 0.2) is 6.79 Å².